The van der Waals surface area contributed by atoms with Crippen LogP contribution in [-0.2, 0) is 27.7 Å². The van der Waals surface area contributed by atoms with E-state index in [-0.39, 0.29) is 0 Å². The van der Waals surface area contributed by atoms with Crippen molar-refractivity contribution in [3.05, 3.63) is 0 Å². The van der Waals surface area contributed by atoms with Gasteiger partial charge in [-0.2, -0.15) is 0 Å². The molecule has 0 heterocycles. The van der Waals surface area contributed by atoms with Gasteiger partial charge < -0.3 is 0 Å². The van der Waals surface area contributed by atoms with Crippen molar-refractivity contribution in [2.75, 3.05) is 21.3 Å². The standard InChI is InChI=1S/C10H21.3CH3O.Ti/c1-3-5-7-9-10-8-6-4-2;3*1-2;/h1,3-10H2,2H3;3*1H3;/q;3*-1;+3. The first-order chi connectivity index (χ1) is 8.24. The van der Waals surface area contributed by atoms with E-state index in [2.05, 4.69) is 6.92 Å². The van der Waals surface area contributed by atoms with Crippen molar-refractivity contribution < 1.29 is 27.7 Å². The molecular weight excluding hydrogens is 252 g/mol. The molecule has 0 aliphatic rings. The van der Waals surface area contributed by atoms with E-state index in [1.807, 2.05) is 0 Å². The Morgan fingerprint density at radius 1 is 0.647 bits per heavy atom. The van der Waals surface area contributed by atoms with E-state index in [1.54, 1.807) is 21.3 Å². The van der Waals surface area contributed by atoms with Crippen LogP contribution in [0.25, 0.3) is 0 Å². The summed E-state index contributed by atoms with van der Waals surface area (Å²) < 4.78 is 17.3. The SMILES string of the molecule is CCCCCCCCC[CH2][Ti]([O]C)([O]C)[O]C. The maximum absolute atomic E-state index is 5.44. The van der Waals surface area contributed by atoms with Gasteiger partial charge >= 0.3 is 112 Å². The summed E-state index contributed by atoms with van der Waals surface area (Å²) >= 11 is -2.81. The molecule has 0 saturated heterocycles. The van der Waals surface area contributed by atoms with Gasteiger partial charge in [0.15, 0.2) is 0 Å². The zero-order chi connectivity index (χ0) is 13.0. The monoisotopic (exact) mass is 282 g/mol. The normalized spacial score (nSPS) is 12.0. The average molecular weight is 282 g/mol. The van der Waals surface area contributed by atoms with Crippen LogP contribution in [0.4, 0.5) is 0 Å². The Bertz CT molecular complexity index is 152. The fraction of sp³-hybridized carbons (Fsp3) is 1.00. The second-order valence-corrected chi connectivity index (χ2v) is 9.35. The van der Waals surface area contributed by atoms with E-state index < -0.39 is 17.8 Å². The summed E-state index contributed by atoms with van der Waals surface area (Å²) in [5, 5.41) is 0. The first-order valence-corrected chi connectivity index (χ1v) is 9.91. The van der Waals surface area contributed by atoms with Crippen LogP contribution in [-0.4, -0.2) is 21.3 Å². The van der Waals surface area contributed by atoms with Gasteiger partial charge in [0.05, 0.1) is 0 Å². The molecule has 0 aliphatic carbocycles. The van der Waals surface area contributed by atoms with Crippen molar-refractivity contribution in [2.24, 2.45) is 0 Å². The number of hydrogen-bond donors (Lipinski definition) is 0. The summed E-state index contributed by atoms with van der Waals surface area (Å²) in [6, 6.07) is 0. The summed E-state index contributed by atoms with van der Waals surface area (Å²) in [5.74, 6) is 0. The van der Waals surface area contributed by atoms with E-state index in [4.69, 9.17) is 9.96 Å². The Morgan fingerprint density at radius 2 is 1.06 bits per heavy atom. The predicted molar refractivity (Wildman–Crippen MR) is 68.4 cm³/mol. The van der Waals surface area contributed by atoms with E-state index in [0.29, 0.717) is 0 Å². The average Bonchev–Trinajstić information content (AvgIpc) is 2.38. The minimum absolute atomic E-state index is 0.985. The molecule has 17 heavy (non-hydrogen) atoms. The molecule has 3 nitrogen and oxygen atoms in total. The third-order valence-corrected chi connectivity index (χ3v) is 7.69. The first-order valence-electron chi connectivity index (χ1n) is 6.90. The molecule has 0 atom stereocenters. The molecule has 0 spiro atoms. The third kappa shape index (κ3) is 8.33. The van der Waals surface area contributed by atoms with Crippen molar-refractivity contribution in [1.29, 1.82) is 0 Å². The zero-order valence-electron chi connectivity index (χ0n) is 12.1. The molecule has 0 aromatic carbocycles. The summed E-state index contributed by atoms with van der Waals surface area (Å²) in [6.07, 6.45) is 10.6. The van der Waals surface area contributed by atoms with Gasteiger partial charge in [-0.15, -0.1) is 0 Å². The van der Waals surface area contributed by atoms with E-state index in [9.17, 15) is 0 Å². The molecule has 0 bridgehead atoms. The molecule has 0 radical (unpaired) electrons. The van der Waals surface area contributed by atoms with Crippen molar-refractivity contribution in [3.63, 3.8) is 0 Å². The molecule has 0 rings (SSSR count). The molecule has 0 saturated carbocycles. The first kappa shape index (κ1) is 17.6. The Labute approximate surface area is 112 Å². The van der Waals surface area contributed by atoms with E-state index >= 15 is 0 Å². The van der Waals surface area contributed by atoms with Crippen LogP contribution in [0.5, 0.6) is 0 Å². The van der Waals surface area contributed by atoms with Gasteiger partial charge in [-0.3, -0.25) is 0 Å². The maximum atomic E-state index is 5.44. The molecule has 0 fully saturated rings. The van der Waals surface area contributed by atoms with Crippen LogP contribution in [0.2, 0.25) is 4.73 Å². The summed E-state index contributed by atoms with van der Waals surface area (Å²) in [7, 11) is 5.12. The van der Waals surface area contributed by atoms with Crippen LogP contribution in [0.15, 0.2) is 0 Å². The van der Waals surface area contributed by atoms with Crippen molar-refractivity contribution in [3.8, 4) is 0 Å². The van der Waals surface area contributed by atoms with Gasteiger partial charge in [0.1, 0.15) is 0 Å². The zero-order valence-corrected chi connectivity index (χ0v) is 13.7. The molecule has 0 N–H and O–H groups in total. The third-order valence-electron chi connectivity index (χ3n) is 3.27. The molecule has 0 amide bonds. The van der Waals surface area contributed by atoms with Crippen LogP contribution >= 0.6 is 0 Å². The van der Waals surface area contributed by atoms with Crippen LogP contribution in [0.3, 0.4) is 0 Å². The molecule has 104 valence electrons. The van der Waals surface area contributed by atoms with E-state index in [0.717, 1.165) is 4.73 Å². The Morgan fingerprint density at radius 3 is 1.47 bits per heavy atom. The Balaban J connectivity index is 3.43. The fourth-order valence-electron chi connectivity index (χ4n) is 2.03. The fourth-order valence-corrected chi connectivity index (χ4v) is 4.84. The number of hydrogen-bond acceptors (Lipinski definition) is 3. The minimum atomic E-state index is -2.81. The second-order valence-electron chi connectivity index (χ2n) is 4.52. The molecule has 0 aromatic heterocycles. The quantitative estimate of drug-likeness (QED) is 0.392. The van der Waals surface area contributed by atoms with Gasteiger partial charge in [0.25, 0.3) is 0 Å². The summed E-state index contributed by atoms with van der Waals surface area (Å²) in [4.78, 5) is 0. The van der Waals surface area contributed by atoms with Gasteiger partial charge in [-0.25, -0.2) is 0 Å². The van der Waals surface area contributed by atoms with Gasteiger partial charge in [0.2, 0.25) is 0 Å². The van der Waals surface area contributed by atoms with Gasteiger partial charge in [-0.1, -0.05) is 0 Å². The summed E-state index contributed by atoms with van der Waals surface area (Å²) in [5.41, 5.74) is 0. The topological polar surface area (TPSA) is 27.7 Å². The van der Waals surface area contributed by atoms with Crippen LogP contribution < -0.4 is 0 Å². The Kier molecular flexibility index (Phi) is 12.1. The van der Waals surface area contributed by atoms with Crippen molar-refractivity contribution in [1.82, 2.24) is 0 Å². The molecular formula is C13H30O3Ti. The van der Waals surface area contributed by atoms with Gasteiger partial charge in [0, 0.05) is 0 Å². The summed E-state index contributed by atoms with van der Waals surface area (Å²) in [6.45, 7) is 2.26. The van der Waals surface area contributed by atoms with Crippen molar-refractivity contribution >= 4 is 0 Å². The molecule has 0 aromatic rings. The Hall–Kier alpha value is 0.594. The predicted octanol–water partition coefficient (Wildman–Crippen LogP) is 4.38. The molecule has 0 aliphatic heterocycles. The van der Waals surface area contributed by atoms with E-state index in [1.165, 1.54) is 51.4 Å². The number of unbranched alkanes of at least 4 members (excludes halogenated alkanes) is 7. The van der Waals surface area contributed by atoms with Crippen LogP contribution in [0.1, 0.15) is 58.3 Å². The molecule has 0 unspecified atom stereocenters. The van der Waals surface area contributed by atoms with Gasteiger partial charge in [-0.05, 0) is 0 Å². The number of rotatable bonds is 12. The molecule has 4 heteroatoms. The second kappa shape index (κ2) is 11.7. The van der Waals surface area contributed by atoms with Crippen molar-refractivity contribution in [2.45, 2.75) is 63.0 Å². The van der Waals surface area contributed by atoms with Crippen LogP contribution in [0, 0.1) is 0 Å².